The van der Waals surface area contributed by atoms with Crippen molar-refractivity contribution < 1.29 is 14.3 Å². The summed E-state index contributed by atoms with van der Waals surface area (Å²) in [5.74, 6) is 1.29. The van der Waals surface area contributed by atoms with Crippen LogP contribution in [0.3, 0.4) is 0 Å². The molecule has 1 aromatic heterocycles. The molecule has 4 rings (SSSR count). The van der Waals surface area contributed by atoms with E-state index in [-0.39, 0.29) is 12.7 Å². The number of nitrogens with zero attached hydrogens (tertiary/aromatic N) is 1. The Kier molecular flexibility index (Phi) is 2.93. The SMILES string of the molecule is O=C(NCc1ccc2c(c1)OCO2)c1cccc2[nH]cnc12. The third-order valence-electron chi connectivity index (χ3n) is 3.58. The summed E-state index contributed by atoms with van der Waals surface area (Å²) in [4.78, 5) is 19.5. The Bertz CT molecular complexity index is 857. The average molecular weight is 295 g/mol. The van der Waals surface area contributed by atoms with Gasteiger partial charge in [-0.3, -0.25) is 4.79 Å². The molecule has 110 valence electrons. The van der Waals surface area contributed by atoms with Crippen LogP contribution in [0, 0.1) is 0 Å². The van der Waals surface area contributed by atoms with Crippen molar-refractivity contribution in [3.63, 3.8) is 0 Å². The molecule has 0 unspecified atom stereocenters. The highest BCUT2D eigenvalue weighted by Crippen LogP contribution is 2.32. The summed E-state index contributed by atoms with van der Waals surface area (Å²) < 4.78 is 10.6. The van der Waals surface area contributed by atoms with Crippen LogP contribution in [0.4, 0.5) is 0 Å². The van der Waals surface area contributed by atoms with Crippen molar-refractivity contribution in [2.75, 3.05) is 6.79 Å². The molecule has 2 N–H and O–H groups in total. The molecule has 0 bridgehead atoms. The van der Waals surface area contributed by atoms with Gasteiger partial charge in [-0.05, 0) is 29.8 Å². The first-order valence-corrected chi connectivity index (χ1v) is 6.90. The number of ether oxygens (including phenoxy) is 2. The highest BCUT2D eigenvalue weighted by molar-refractivity contribution is 6.04. The molecule has 0 fully saturated rings. The van der Waals surface area contributed by atoms with E-state index in [1.807, 2.05) is 30.3 Å². The van der Waals surface area contributed by atoms with Crippen molar-refractivity contribution >= 4 is 16.9 Å². The van der Waals surface area contributed by atoms with Gasteiger partial charge >= 0.3 is 0 Å². The molecule has 6 nitrogen and oxygen atoms in total. The first-order valence-electron chi connectivity index (χ1n) is 6.90. The smallest absolute Gasteiger partial charge is 0.253 e. The van der Waals surface area contributed by atoms with E-state index in [0.29, 0.717) is 23.4 Å². The van der Waals surface area contributed by atoms with E-state index >= 15 is 0 Å². The number of imidazole rings is 1. The van der Waals surface area contributed by atoms with E-state index in [0.717, 1.165) is 16.8 Å². The largest absolute Gasteiger partial charge is 0.454 e. The Morgan fingerprint density at radius 3 is 3.09 bits per heavy atom. The number of aromatic nitrogens is 2. The maximum atomic E-state index is 12.3. The summed E-state index contributed by atoms with van der Waals surface area (Å²) in [5.41, 5.74) is 3.02. The van der Waals surface area contributed by atoms with Gasteiger partial charge in [0.2, 0.25) is 6.79 Å². The third-order valence-corrected chi connectivity index (χ3v) is 3.58. The van der Waals surface area contributed by atoms with Crippen molar-refractivity contribution in [3.05, 3.63) is 53.9 Å². The molecule has 0 aliphatic carbocycles. The number of carbonyl (C=O) groups is 1. The first-order chi connectivity index (χ1) is 10.8. The summed E-state index contributed by atoms with van der Waals surface area (Å²) >= 11 is 0. The van der Waals surface area contributed by atoms with E-state index in [4.69, 9.17) is 9.47 Å². The minimum absolute atomic E-state index is 0.157. The minimum Gasteiger partial charge on any atom is -0.454 e. The van der Waals surface area contributed by atoms with Gasteiger partial charge < -0.3 is 19.8 Å². The number of para-hydroxylation sites is 1. The number of carbonyl (C=O) groups excluding carboxylic acids is 1. The number of benzene rings is 2. The molecular weight excluding hydrogens is 282 g/mol. The van der Waals surface area contributed by atoms with E-state index in [2.05, 4.69) is 15.3 Å². The number of amides is 1. The Labute approximate surface area is 126 Å². The predicted molar refractivity (Wildman–Crippen MR) is 79.8 cm³/mol. The maximum absolute atomic E-state index is 12.3. The fourth-order valence-corrected chi connectivity index (χ4v) is 2.48. The zero-order chi connectivity index (χ0) is 14.9. The second-order valence-electron chi connectivity index (χ2n) is 4.97. The van der Waals surface area contributed by atoms with Crippen molar-refractivity contribution in [2.24, 2.45) is 0 Å². The van der Waals surface area contributed by atoms with Crippen LogP contribution < -0.4 is 14.8 Å². The second kappa shape index (κ2) is 5.07. The number of aromatic amines is 1. The first kappa shape index (κ1) is 12.7. The van der Waals surface area contributed by atoms with E-state index in [9.17, 15) is 4.79 Å². The lowest BCUT2D eigenvalue weighted by Crippen LogP contribution is -2.23. The van der Waals surface area contributed by atoms with Crippen LogP contribution in [-0.4, -0.2) is 22.7 Å². The van der Waals surface area contributed by atoms with Crippen LogP contribution in [0.5, 0.6) is 11.5 Å². The summed E-state index contributed by atoms with van der Waals surface area (Å²) in [7, 11) is 0. The van der Waals surface area contributed by atoms with Crippen LogP contribution in [0.2, 0.25) is 0 Å². The van der Waals surface area contributed by atoms with Gasteiger partial charge in [-0.1, -0.05) is 12.1 Å². The number of H-pyrrole nitrogens is 1. The molecule has 1 aliphatic rings. The van der Waals surface area contributed by atoms with Crippen molar-refractivity contribution in [1.29, 1.82) is 0 Å². The molecule has 0 saturated carbocycles. The van der Waals surface area contributed by atoms with E-state index < -0.39 is 0 Å². The highest BCUT2D eigenvalue weighted by atomic mass is 16.7. The van der Waals surface area contributed by atoms with Gasteiger partial charge in [0.1, 0.15) is 5.52 Å². The number of nitrogens with one attached hydrogen (secondary N) is 2. The zero-order valence-corrected chi connectivity index (χ0v) is 11.6. The molecule has 0 atom stereocenters. The van der Waals surface area contributed by atoms with Crippen molar-refractivity contribution in [1.82, 2.24) is 15.3 Å². The van der Waals surface area contributed by atoms with E-state index in [1.165, 1.54) is 0 Å². The lowest BCUT2D eigenvalue weighted by atomic mass is 10.1. The molecule has 1 amide bonds. The van der Waals surface area contributed by atoms with Gasteiger partial charge in [0.05, 0.1) is 17.4 Å². The van der Waals surface area contributed by atoms with Crippen LogP contribution in [0.25, 0.3) is 11.0 Å². The quantitative estimate of drug-likeness (QED) is 0.777. The number of hydrogen-bond acceptors (Lipinski definition) is 4. The van der Waals surface area contributed by atoms with Gasteiger partial charge in [0.25, 0.3) is 5.91 Å². The molecule has 2 aromatic carbocycles. The van der Waals surface area contributed by atoms with Gasteiger partial charge in [0.15, 0.2) is 11.5 Å². The standard InChI is InChI=1S/C16H13N3O3/c20-16(11-2-1-3-12-15(11)19-8-18-12)17-7-10-4-5-13-14(6-10)22-9-21-13/h1-6,8H,7,9H2,(H,17,20)(H,18,19). The van der Waals surface area contributed by atoms with Crippen LogP contribution in [0.15, 0.2) is 42.7 Å². The van der Waals surface area contributed by atoms with Crippen LogP contribution in [-0.2, 0) is 6.54 Å². The zero-order valence-electron chi connectivity index (χ0n) is 11.6. The normalized spacial score (nSPS) is 12.5. The number of hydrogen-bond donors (Lipinski definition) is 2. The summed E-state index contributed by atoms with van der Waals surface area (Å²) in [6.45, 7) is 0.655. The van der Waals surface area contributed by atoms with Gasteiger partial charge in [-0.2, -0.15) is 0 Å². The predicted octanol–water partition coefficient (Wildman–Crippen LogP) is 2.22. The molecule has 1 aliphatic heterocycles. The number of rotatable bonds is 3. The molecule has 0 spiro atoms. The Morgan fingerprint density at radius 2 is 2.14 bits per heavy atom. The summed E-state index contributed by atoms with van der Waals surface area (Å²) in [6, 6.07) is 11.1. The molecule has 0 saturated heterocycles. The minimum atomic E-state index is -0.157. The molecule has 2 heterocycles. The Balaban J connectivity index is 1.52. The Hall–Kier alpha value is -3.02. The molecule has 6 heteroatoms. The van der Waals surface area contributed by atoms with Crippen molar-refractivity contribution in [2.45, 2.75) is 6.54 Å². The molecule has 0 radical (unpaired) electrons. The average Bonchev–Trinajstić information content (AvgIpc) is 3.20. The molecule has 3 aromatic rings. The summed E-state index contributed by atoms with van der Waals surface area (Å²) in [5, 5.41) is 2.90. The van der Waals surface area contributed by atoms with Crippen molar-refractivity contribution in [3.8, 4) is 11.5 Å². The second-order valence-corrected chi connectivity index (χ2v) is 4.97. The molecular formula is C16H13N3O3. The maximum Gasteiger partial charge on any atom is 0.253 e. The fourth-order valence-electron chi connectivity index (χ4n) is 2.48. The lowest BCUT2D eigenvalue weighted by molar-refractivity contribution is 0.0952. The molecule has 22 heavy (non-hydrogen) atoms. The highest BCUT2D eigenvalue weighted by Gasteiger charge is 2.14. The Morgan fingerprint density at radius 1 is 1.23 bits per heavy atom. The third kappa shape index (κ3) is 2.14. The van der Waals surface area contributed by atoms with Crippen LogP contribution >= 0.6 is 0 Å². The van der Waals surface area contributed by atoms with Gasteiger partial charge in [-0.15, -0.1) is 0 Å². The monoisotopic (exact) mass is 295 g/mol. The number of fused-ring (bicyclic) bond motifs is 2. The topological polar surface area (TPSA) is 76.2 Å². The fraction of sp³-hybridized carbons (Fsp3) is 0.125. The van der Waals surface area contributed by atoms with Gasteiger partial charge in [0, 0.05) is 6.54 Å². The summed E-state index contributed by atoms with van der Waals surface area (Å²) in [6.07, 6.45) is 1.58. The van der Waals surface area contributed by atoms with Crippen LogP contribution in [0.1, 0.15) is 15.9 Å². The van der Waals surface area contributed by atoms with E-state index in [1.54, 1.807) is 12.4 Å². The lowest BCUT2D eigenvalue weighted by Gasteiger charge is -2.07. The van der Waals surface area contributed by atoms with Gasteiger partial charge in [-0.25, -0.2) is 4.98 Å².